The summed E-state index contributed by atoms with van der Waals surface area (Å²) in [6.45, 7) is 0.638. The Hall–Kier alpha value is -6.92. The van der Waals surface area contributed by atoms with Crippen LogP contribution >= 0.6 is 0 Å². The lowest BCUT2D eigenvalue weighted by Crippen LogP contribution is -2.32. The van der Waals surface area contributed by atoms with Crippen molar-refractivity contribution in [1.29, 1.82) is 5.26 Å². The van der Waals surface area contributed by atoms with E-state index in [2.05, 4.69) is 16.6 Å². The number of fused-ring (bicyclic) bond motifs is 6. The normalized spacial score (nSPS) is 13.5. The van der Waals surface area contributed by atoms with Gasteiger partial charge in [0.15, 0.2) is 11.2 Å². The van der Waals surface area contributed by atoms with Crippen molar-refractivity contribution in [3.63, 3.8) is 0 Å². The molecule has 12 heteroatoms. The fraction of sp³-hybridized carbons (Fsp3) is 0.220. The summed E-state index contributed by atoms with van der Waals surface area (Å²) < 4.78 is 17.9. The van der Waals surface area contributed by atoms with E-state index in [1.165, 1.54) is 24.3 Å². The molecule has 0 aliphatic carbocycles. The van der Waals surface area contributed by atoms with E-state index >= 15 is 0 Å². The third-order valence-electron chi connectivity index (χ3n) is 8.89. The number of nitrogens with one attached hydrogen (secondary N) is 2. The van der Waals surface area contributed by atoms with Crippen LogP contribution < -0.4 is 20.1 Å². The Labute approximate surface area is 305 Å². The molecule has 0 saturated heterocycles. The first-order chi connectivity index (χ1) is 25.6. The number of anilines is 1. The molecule has 0 atom stereocenters. The summed E-state index contributed by atoms with van der Waals surface area (Å²) in [6, 6.07) is 22.8. The van der Waals surface area contributed by atoms with Crippen molar-refractivity contribution in [1.82, 2.24) is 5.32 Å². The summed E-state index contributed by atoms with van der Waals surface area (Å²) in [4.78, 5) is 38.3. The highest BCUT2D eigenvalue weighted by Gasteiger charge is 2.53. The maximum absolute atomic E-state index is 13.3. The molecule has 12 nitrogen and oxygen atoms in total. The van der Waals surface area contributed by atoms with Crippen molar-refractivity contribution in [3.8, 4) is 47.2 Å². The first-order valence-corrected chi connectivity index (χ1v) is 16.9. The summed E-state index contributed by atoms with van der Waals surface area (Å²) in [5, 5.41) is 44.9. The number of esters is 1. The SMILES string of the molecule is C#CCC/C(O)=C(\C#N)C(=O)Nc1ccc(OCCCCCC(=O)NCc2ccc3c(c2)C(=O)OC32c3ccc(O)cc3Oc3cc(O)ccc32)cc1. The van der Waals surface area contributed by atoms with E-state index in [-0.39, 0.29) is 42.6 Å². The highest BCUT2D eigenvalue weighted by Crippen LogP contribution is 2.57. The predicted octanol–water partition coefficient (Wildman–Crippen LogP) is 6.61. The maximum Gasteiger partial charge on any atom is 0.340 e. The second-order valence-corrected chi connectivity index (χ2v) is 12.5. The molecule has 2 aliphatic heterocycles. The Kier molecular flexibility index (Phi) is 10.5. The van der Waals surface area contributed by atoms with Gasteiger partial charge in [-0.15, -0.1) is 12.3 Å². The number of aliphatic hydroxyl groups excluding tert-OH is 1. The molecule has 53 heavy (non-hydrogen) atoms. The number of ether oxygens (including phenoxy) is 3. The summed E-state index contributed by atoms with van der Waals surface area (Å²) in [5.41, 5.74) is 1.39. The molecule has 1 spiro atoms. The van der Waals surface area contributed by atoms with E-state index in [1.807, 2.05) is 6.07 Å². The van der Waals surface area contributed by atoms with Gasteiger partial charge in [-0.3, -0.25) is 9.59 Å². The van der Waals surface area contributed by atoms with Gasteiger partial charge in [0.1, 0.15) is 40.6 Å². The molecule has 2 heterocycles. The van der Waals surface area contributed by atoms with Gasteiger partial charge in [-0.1, -0.05) is 12.1 Å². The van der Waals surface area contributed by atoms with Crippen LogP contribution in [0.4, 0.5) is 5.69 Å². The number of carbonyl (C=O) groups is 3. The van der Waals surface area contributed by atoms with Gasteiger partial charge in [0.2, 0.25) is 5.91 Å². The van der Waals surface area contributed by atoms with E-state index < -0.39 is 23.1 Å². The van der Waals surface area contributed by atoms with Crippen LogP contribution in [-0.2, 0) is 26.5 Å². The lowest BCUT2D eigenvalue weighted by atomic mass is 9.77. The van der Waals surface area contributed by atoms with Gasteiger partial charge >= 0.3 is 5.97 Å². The van der Waals surface area contributed by atoms with Crippen molar-refractivity contribution >= 4 is 23.5 Å². The van der Waals surface area contributed by atoms with Crippen molar-refractivity contribution in [2.45, 2.75) is 50.7 Å². The maximum atomic E-state index is 13.3. The highest BCUT2D eigenvalue weighted by atomic mass is 16.6. The average molecular weight is 714 g/mol. The molecule has 2 amide bonds. The van der Waals surface area contributed by atoms with Crippen molar-refractivity contribution in [3.05, 3.63) is 118 Å². The lowest BCUT2D eigenvalue weighted by molar-refractivity contribution is -0.121. The quantitative estimate of drug-likeness (QED) is 0.0252. The summed E-state index contributed by atoms with van der Waals surface area (Å²) in [5.74, 6) is 1.70. The van der Waals surface area contributed by atoms with E-state index in [0.29, 0.717) is 76.6 Å². The van der Waals surface area contributed by atoms with Crippen LogP contribution in [0, 0.1) is 23.7 Å². The molecule has 6 rings (SSSR count). The largest absolute Gasteiger partial charge is 0.511 e. The van der Waals surface area contributed by atoms with E-state index in [1.54, 1.807) is 54.6 Å². The van der Waals surface area contributed by atoms with Crippen LogP contribution in [0.15, 0.2) is 90.2 Å². The second-order valence-electron chi connectivity index (χ2n) is 12.5. The lowest BCUT2D eigenvalue weighted by Gasteiger charge is -2.36. The van der Waals surface area contributed by atoms with Crippen LogP contribution in [0.5, 0.6) is 28.7 Å². The Morgan fingerprint density at radius 2 is 1.55 bits per heavy atom. The molecular formula is C41H35N3O9. The molecule has 0 radical (unpaired) electrons. The molecule has 0 unspecified atom stereocenters. The molecule has 268 valence electrons. The third kappa shape index (κ3) is 7.58. The molecule has 4 aromatic rings. The monoisotopic (exact) mass is 713 g/mol. The van der Waals surface area contributed by atoms with Crippen LogP contribution in [0.3, 0.4) is 0 Å². The molecule has 0 bridgehead atoms. The standard InChI is InChI=1S/C41H35N3O9/c1-2-3-7-35(47)31(23-42)39(49)44-26-10-14-29(15-11-26)51-19-6-4-5-8-38(48)43-24-25-9-16-32-30(20-25)40(50)53-41(32)33-17-12-27(45)21-36(33)52-37-22-28(46)13-18-34(37)41/h1,9-18,20-22,45-47H,3-8,19,24H2,(H,43,48)(H,44,49)/b35-31-. The van der Waals surface area contributed by atoms with E-state index in [4.69, 9.17) is 20.6 Å². The van der Waals surface area contributed by atoms with Crippen molar-refractivity contribution in [2.24, 2.45) is 0 Å². The predicted molar refractivity (Wildman–Crippen MR) is 192 cm³/mol. The summed E-state index contributed by atoms with van der Waals surface area (Å²) in [7, 11) is 0. The van der Waals surface area contributed by atoms with Crippen molar-refractivity contribution in [2.75, 3.05) is 11.9 Å². The zero-order valence-corrected chi connectivity index (χ0v) is 28.5. The number of hydrogen-bond acceptors (Lipinski definition) is 10. The number of phenols is 2. The number of aromatic hydroxyl groups is 2. The fourth-order valence-corrected chi connectivity index (χ4v) is 6.30. The number of carbonyl (C=O) groups excluding carboxylic acids is 3. The number of allylic oxidation sites excluding steroid dienone is 1. The molecule has 4 aromatic carbocycles. The number of rotatable bonds is 13. The number of terminal acetylenes is 1. The Morgan fingerprint density at radius 1 is 0.868 bits per heavy atom. The first-order valence-electron chi connectivity index (χ1n) is 16.9. The number of phenolic OH excluding ortho intramolecular Hbond substituents is 2. The Bertz CT molecular complexity index is 2140. The Morgan fingerprint density at radius 3 is 2.21 bits per heavy atom. The van der Waals surface area contributed by atoms with Gasteiger partial charge in [-0.25, -0.2) is 4.79 Å². The second kappa shape index (κ2) is 15.5. The summed E-state index contributed by atoms with van der Waals surface area (Å²) in [6.07, 6.45) is 7.84. The number of nitrogens with zero attached hydrogens (tertiary/aromatic N) is 1. The number of amides is 2. The number of hydrogen-bond donors (Lipinski definition) is 5. The number of aliphatic hydroxyl groups is 1. The zero-order chi connectivity index (χ0) is 37.5. The highest BCUT2D eigenvalue weighted by molar-refractivity contribution is 6.07. The molecule has 0 saturated carbocycles. The number of unbranched alkanes of at least 4 members (excludes halogenated alkanes) is 2. The fourth-order valence-electron chi connectivity index (χ4n) is 6.30. The van der Waals surface area contributed by atoms with Crippen LogP contribution in [0.25, 0.3) is 0 Å². The van der Waals surface area contributed by atoms with E-state index in [9.17, 15) is 35.0 Å². The zero-order valence-electron chi connectivity index (χ0n) is 28.5. The van der Waals surface area contributed by atoms with Gasteiger partial charge in [0.05, 0.1) is 12.2 Å². The molecule has 5 N–H and O–H groups in total. The summed E-state index contributed by atoms with van der Waals surface area (Å²) >= 11 is 0. The molecular weight excluding hydrogens is 678 g/mol. The minimum atomic E-state index is -1.35. The Balaban J connectivity index is 0.970. The van der Waals surface area contributed by atoms with Gasteiger partial charge in [-0.2, -0.15) is 5.26 Å². The van der Waals surface area contributed by atoms with Gasteiger partial charge in [-0.05, 0) is 79.4 Å². The van der Waals surface area contributed by atoms with Crippen LogP contribution in [-0.4, -0.2) is 39.7 Å². The topological polar surface area (TPSA) is 187 Å². The average Bonchev–Trinajstić information content (AvgIpc) is 3.43. The van der Waals surface area contributed by atoms with Crippen LogP contribution in [0.2, 0.25) is 0 Å². The minimum Gasteiger partial charge on any atom is -0.511 e. The molecule has 0 fully saturated rings. The number of benzene rings is 4. The van der Waals surface area contributed by atoms with Crippen LogP contribution in [0.1, 0.15) is 71.1 Å². The third-order valence-corrected chi connectivity index (χ3v) is 8.89. The molecule has 2 aliphatic rings. The van der Waals surface area contributed by atoms with Crippen molar-refractivity contribution < 1.29 is 43.9 Å². The minimum absolute atomic E-state index is 0.0269. The smallest absolute Gasteiger partial charge is 0.340 e. The van der Waals surface area contributed by atoms with Gasteiger partial charge in [0, 0.05) is 60.3 Å². The molecule has 0 aromatic heterocycles. The van der Waals surface area contributed by atoms with Gasteiger partial charge < -0.3 is 40.2 Å². The number of nitriles is 1. The van der Waals surface area contributed by atoms with Gasteiger partial charge in [0.25, 0.3) is 5.91 Å². The van der Waals surface area contributed by atoms with E-state index in [0.717, 1.165) is 6.42 Å². The first kappa shape index (κ1) is 35.9.